The maximum Gasteiger partial charge on any atom is 0.339 e. The third kappa shape index (κ3) is 4.85. The summed E-state index contributed by atoms with van der Waals surface area (Å²) in [6, 6.07) is 0. The fourth-order valence-corrected chi connectivity index (χ4v) is 0.636. The monoisotopic (exact) mass is 190 g/mol. The van der Waals surface area contributed by atoms with Crippen LogP contribution >= 0.6 is 0 Å². The van der Waals surface area contributed by atoms with Crippen LogP contribution in [-0.2, 0) is 14.3 Å². The Morgan fingerprint density at radius 1 is 1.31 bits per heavy atom. The molecule has 0 fully saturated rings. The second-order valence-electron chi connectivity index (χ2n) is 4.17. The standard InChI is InChI=1S/C9H18O4/c1-8(2,3)13-6-9(4,11)7(10)12-5/h11H,6H2,1-5H3. The largest absolute Gasteiger partial charge is 0.467 e. The van der Waals surface area contributed by atoms with Gasteiger partial charge in [-0.05, 0) is 27.7 Å². The van der Waals surface area contributed by atoms with E-state index in [1.807, 2.05) is 20.8 Å². The first-order valence-electron chi connectivity index (χ1n) is 4.14. The van der Waals surface area contributed by atoms with Crippen LogP contribution in [0.5, 0.6) is 0 Å². The van der Waals surface area contributed by atoms with Crippen LogP contribution < -0.4 is 0 Å². The molecule has 1 N–H and O–H groups in total. The maximum atomic E-state index is 11.0. The van der Waals surface area contributed by atoms with Crippen molar-refractivity contribution in [2.24, 2.45) is 0 Å². The molecule has 0 bridgehead atoms. The number of rotatable bonds is 3. The van der Waals surface area contributed by atoms with Gasteiger partial charge in [0.1, 0.15) is 0 Å². The van der Waals surface area contributed by atoms with Gasteiger partial charge in [0.15, 0.2) is 5.60 Å². The van der Waals surface area contributed by atoms with Crippen LogP contribution in [0.15, 0.2) is 0 Å². The first-order valence-corrected chi connectivity index (χ1v) is 4.14. The number of hydrogen-bond donors (Lipinski definition) is 1. The fraction of sp³-hybridized carbons (Fsp3) is 0.889. The summed E-state index contributed by atoms with van der Waals surface area (Å²) in [5.41, 5.74) is -1.94. The van der Waals surface area contributed by atoms with E-state index in [9.17, 15) is 9.90 Å². The lowest BCUT2D eigenvalue weighted by molar-refractivity contribution is -0.171. The van der Waals surface area contributed by atoms with Crippen molar-refractivity contribution >= 4 is 5.97 Å². The number of carbonyl (C=O) groups excluding carboxylic acids is 1. The molecule has 0 aromatic carbocycles. The Bertz CT molecular complexity index is 179. The highest BCUT2D eigenvalue weighted by molar-refractivity contribution is 5.78. The Morgan fingerprint density at radius 3 is 2.08 bits per heavy atom. The Hall–Kier alpha value is -0.610. The van der Waals surface area contributed by atoms with E-state index < -0.39 is 11.6 Å². The molecule has 0 saturated carbocycles. The second-order valence-corrected chi connectivity index (χ2v) is 4.17. The summed E-state index contributed by atoms with van der Waals surface area (Å²) in [6.07, 6.45) is 0. The summed E-state index contributed by atoms with van der Waals surface area (Å²) in [4.78, 5) is 11.0. The average Bonchev–Trinajstić information content (AvgIpc) is 1.98. The number of hydrogen-bond acceptors (Lipinski definition) is 4. The van der Waals surface area contributed by atoms with E-state index in [-0.39, 0.29) is 12.2 Å². The third-order valence-electron chi connectivity index (χ3n) is 1.41. The zero-order valence-corrected chi connectivity index (χ0v) is 8.88. The van der Waals surface area contributed by atoms with E-state index in [1.165, 1.54) is 14.0 Å². The third-order valence-corrected chi connectivity index (χ3v) is 1.41. The van der Waals surface area contributed by atoms with Gasteiger partial charge in [0.25, 0.3) is 0 Å². The molecule has 0 aliphatic rings. The predicted octanol–water partition coefficient (Wildman–Crippen LogP) is 0.725. The van der Waals surface area contributed by atoms with Crippen LogP contribution in [0.1, 0.15) is 27.7 Å². The van der Waals surface area contributed by atoms with Crippen LogP contribution in [0.4, 0.5) is 0 Å². The van der Waals surface area contributed by atoms with E-state index in [1.54, 1.807) is 0 Å². The van der Waals surface area contributed by atoms with Crippen LogP contribution in [0.2, 0.25) is 0 Å². The average molecular weight is 190 g/mol. The van der Waals surface area contributed by atoms with Crippen LogP contribution in [0, 0.1) is 0 Å². The van der Waals surface area contributed by atoms with Gasteiger partial charge in [-0.3, -0.25) is 0 Å². The van der Waals surface area contributed by atoms with E-state index in [2.05, 4.69) is 4.74 Å². The molecule has 0 amide bonds. The summed E-state index contributed by atoms with van der Waals surface area (Å²) in [5, 5.41) is 9.55. The molecule has 0 heterocycles. The fourth-order valence-electron chi connectivity index (χ4n) is 0.636. The summed E-state index contributed by atoms with van der Waals surface area (Å²) >= 11 is 0. The highest BCUT2D eigenvalue weighted by atomic mass is 16.6. The van der Waals surface area contributed by atoms with Gasteiger partial charge in [0.2, 0.25) is 0 Å². The van der Waals surface area contributed by atoms with Gasteiger partial charge in [-0.2, -0.15) is 0 Å². The van der Waals surface area contributed by atoms with Crippen molar-refractivity contribution < 1.29 is 19.4 Å². The minimum Gasteiger partial charge on any atom is -0.467 e. The van der Waals surface area contributed by atoms with E-state index in [0.29, 0.717) is 0 Å². The van der Waals surface area contributed by atoms with Crippen molar-refractivity contribution in [1.82, 2.24) is 0 Å². The van der Waals surface area contributed by atoms with Gasteiger partial charge in [-0.25, -0.2) is 4.79 Å². The maximum absolute atomic E-state index is 11.0. The highest BCUT2D eigenvalue weighted by Crippen LogP contribution is 2.13. The molecule has 13 heavy (non-hydrogen) atoms. The molecule has 0 aliphatic carbocycles. The van der Waals surface area contributed by atoms with Gasteiger partial charge in [-0.1, -0.05) is 0 Å². The molecule has 78 valence electrons. The van der Waals surface area contributed by atoms with Gasteiger partial charge in [0, 0.05) is 0 Å². The van der Waals surface area contributed by atoms with Crippen molar-refractivity contribution in [2.45, 2.75) is 38.9 Å². The number of aliphatic hydroxyl groups is 1. The molecule has 0 saturated heterocycles. The van der Waals surface area contributed by atoms with Crippen molar-refractivity contribution in [3.63, 3.8) is 0 Å². The number of esters is 1. The van der Waals surface area contributed by atoms with E-state index in [4.69, 9.17) is 4.74 Å². The number of methoxy groups -OCH3 is 1. The zero-order chi connectivity index (χ0) is 10.7. The SMILES string of the molecule is COC(=O)C(C)(O)COC(C)(C)C. The topological polar surface area (TPSA) is 55.8 Å². The van der Waals surface area contributed by atoms with Crippen molar-refractivity contribution in [2.75, 3.05) is 13.7 Å². The zero-order valence-electron chi connectivity index (χ0n) is 8.88. The summed E-state index contributed by atoms with van der Waals surface area (Å²) < 4.78 is 9.68. The van der Waals surface area contributed by atoms with Gasteiger partial charge in [0.05, 0.1) is 19.3 Å². The molecule has 0 spiro atoms. The molecule has 0 aromatic heterocycles. The molecule has 1 atom stereocenters. The second kappa shape index (κ2) is 4.07. The van der Waals surface area contributed by atoms with E-state index in [0.717, 1.165) is 0 Å². The molecule has 0 aliphatic heterocycles. The number of carbonyl (C=O) groups is 1. The Balaban J connectivity index is 4.11. The van der Waals surface area contributed by atoms with Crippen LogP contribution in [0.25, 0.3) is 0 Å². The lowest BCUT2D eigenvalue weighted by Crippen LogP contribution is -2.43. The Morgan fingerprint density at radius 2 is 1.77 bits per heavy atom. The Labute approximate surface area is 78.8 Å². The first kappa shape index (κ1) is 12.4. The normalized spacial score (nSPS) is 16.5. The van der Waals surface area contributed by atoms with Gasteiger partial charge in [-0.15, -0.1) is 0 Å². The lowest BCUT2D eigenvalue weighted by Gasteiger charge is -2.26. The molecule has 1 unspecified atom stereocenters. The molecule has 0 aromatic rings. The first-order chi connectivity index (χ1) is 5.69. The lowest BCUT2D eigenvalue weighted by atomic mass is 10.1. The number of ether oxygens (including phenoxy) is 2. The quantitative estimate of drug-likeness (QED) is 0.666. The van der Waals surface area contributed by atoms with Crippen molar-refractivity contribution in [3.05, 3.63) is 0 Å². The molecule has 0 rings (SSSR count). The molecular formula is C9H18O4. The summed E-state index contributed by atoms with van der Waals surface area (Å²) in [5.74, 6) is -0.684. The molecule has 0 radical (unpaired) electrons. The van der Waals surface area contributed by atoms with Crippen molar-refractivity contribution in [3.8, 4) is 0 Å². The smallest absolute Gasteiger partial charge is 0.339 e. The minimum absolute atomic E-state index is 0.0663. The van der Waals surface area contributed by atoms with Gasteiger partial charge >= 0.3 is 5.97 Å². The molecular weight excluding hydrogens is 172 g/mol. The van der Waals surface area contributed by atoms with Crippen LogP contribution in [-0.4, -0.2) is 36.0 Å². The van der Waals surface area contributed by atoms with Crippen LogP contribution in [0.3, 0.4) is 0 Å². The minimum atomic E-state index is -1.57. The summed E-state index contributed by atoms with van der Waals surface area (Å²) in [7, 11) is 1.23. The Kier molecular flexibility index (Phi) is 3.88. The van der Waals surface area contributed by atoms with Crippen molar-refractivity contribution in [1.29, 1.82) is 0 Å². The summed E-state index contributed by atoms with van der Waals surface area (Å²) in [6.45, 7) is 6.84. The van der Waals surface area contributed by atoms with Gasteiger partial charge < -0.3 is 14.6 Å². The highest BCUT2D eigenvalue weighted by Gasteiger charge is 2.33. The predicted molar refractivity (Wildman–Crippen MR) is 48.3 cm³/mol. The van der Waals surface area contributed by atoms with E-state index >= 15 is 0 Å². The molecule has 4 nitrogen and oxygen atoms in total. The molecule has 4 heteroatoms.